The first-order chi connectivity index (χ1) is 12.3. The standard InChI is InChI=1S/C21H33N3O.HI/c1-22-20(24-16-21(12-13-25-2)10-6-7-11-21)23-15-18-14-19(18)17-8-4-3-5-9-17;/h3-5,8-9,18-19H,6-7,10-16H2,1-2H3,(H2,22,23,24);1H. The molecule has 0 radical (unpaired) electrons. The molecule has 0 spiro atoms. The number of halogens is 1. The Balaban J connectivity index is 0.00000243. The van der Waals surface area contributed by atoms with Gasteiger partial charge in [0.2, 0.25) is 0 Å². The minimum absolute atomic E-state index is 0. The van der Waals surface area contributed by atoms with Gasteiger partial charge in [0.1, 0.15) is 0 Å². The van der Waals surface area contributed by atoms with Crippen molar-refractivity contribution in [2.45, 2.75) is 44.4 Å². The highest BCUT2D eigenvalue weighted by molar-refractivity contribution is 14.0. The summed E-state index contributed by atoms with van der Waals surface area (Å²) in [6.45, 7) is 2.86. The van der Waals surface area contributed by atoms with Crippen molar-refractivity contribution in [3.63, 3.8) is 0 Å². The van der Waals surface area contributed by atoms with Gasteiger partial charge in [-0.1, -0.05) is 43.2 Å². The van der Waals surface area contributed by atoms with E-state index in [-0.39, 0.29) is 24.0 Å². The first-order valence-corrected chi connectivity index (χ1v) is 9.75. The van der Waals surface area contributed by atoms with Gasteiger partial charge in [0.05, 0.1) is 0 Å². The van der Waals surface area contributed by atoms with Crippen molar-refractivity contribution in [2.75, 3.05) is 33.9 Å². The average Bonchev–Trinajstić information content (AvgIpc) is 3.29. The molecule has 26 heavy (non-hydrogen) atoms. The molecule has 5 heteroatoms. The number of ether oxygens (including phenoxy) is 1. The van der Waals surface area contributed by atoms with Crippen LogP contribution < -0.4 is 10.6 Å². The average molecular weight is 471 g/mol. The zero-order chi connectivity index (χ0) is 17.5. The third-order valence-electron chi connectivity index (χ3n) is 6.04. The fraction of sp³-hybridized carbons (Fsp3) is 0.667. The normalized spacial score (nSPS) is 24.0. The molecule has 2 aliphatic rings. The summed E-state index contributed by atoms with van der Waals surface area (Å²) in [6.07, 6.45) is 7.73. The Bertz CT molecular complexity index is 558. The lowest BCUT2D eigenvalue weighted by atomic mass is 9.83. The third kappa shape index (κ3) is 5.84. The quantitative estimate of drug-likeness (QED) is 0.340. The number of benzene rings is 1. The van der Waals surface area contributed by atoms with Crippen LogP contribution in [0.25, 0.3) is 0 Å². The highest BCUT2D eigenvalue weighted by Gasteiger charge is 2.38. The lowest BCUT2D eigenvalue weighted by molar-refractivity contribution is 0.138. The maximum atomic E-state index is 5.33. The highest BCUT2D eigenvalue weighted by atomic mass is 127. The molecule has 0 amide bonds. The van der Waals surface area contributed by atoms with Crippen LogP contribution in [0.5, 0.6) is 0 Å². The van der Waals surface area contributed by atoms with Crippen molar-refractivity contribution in [3.8, 4) is 0 Å². The number of hydrogen-bond acceptors (Lipinski definition) is 2. The van der Waals surface area contributed by atoms with E-state index in [0.717, 1.165) is 43.9 Å². The van der Waals surface area contributed by atoms with E-state index in [2.05, 4.69) is 46.0 Å². The van der Waals surface area contributed by atoms with E-state index in [0.29, 0.717) is 5.41 Å². The largest absolute Gasteiger partial charge is 0.385 e. The first kappa shape index (κ1) is 21.5. The van der Waals surface area contributed by atoms with Crippen molar-refractivity contribution in [3.05, 3.63) is 35.9 Å². The second-order valence-electron chi connectivity index (χ2n) is 7.77. The van der Waals surface area contributed by atoms with Gasteiger partial charge in [-0.05, 0) is 48.5 Å². The summed E-state index contributed by atoms with van der Waals surface area (Å²) >= 11 is 0. The van der Waals surface area contributed by atoms with Crippen molar-refractivity contribution >= 4 is 29.9 Å². The highest BCUT2D eigenvalue weighted by Crippen LogP contribution is 2.46. The maximum Gasteiger partial charge on any atom is 0.191 e. The van der Waals surface area contributed by atoms with Gasteiger partial charge in [-0.25, -0.2) is 0 Å². The Hall–Kier alpha value is -0.820. The van der Waals surface area contributed by atoms with E-state index in [9.17, 15) is 0 Å². The lowest BCUT2D eigenvalue weighted by Crippen LogP contribution is -2.44. The second kappa shape index (κ2) is 10.5. The fourth-order valence-corrected chi connectivity index (χ4v) is 4.26. The van der Waals surface area contributed by atoms with E-state index in [1.54, 1.807) is 7.11 Å². The van der Waals surface area contributed by atoms with Crippen LogP contribution in [0.4, 0.5) is 0 Å². The van der Waals surface area contributed by atoms with Gasteiger partial charge in [0.15, 0.2) is 5.96 Å². The molecule has 0 aromatic heterocycles. The monoisotopic (exact) mass is 471 g/mol. The van der Waals surface area contributed by atoms with Gasteiger partial charge in [-0.2, -0.15) is 0 Å². The van der Waals surface area contributed by atoms with Gasteiger partial charge < -0.3 is 15.4 Å². The summed E-state index contributed by atoms with van der Waals surface area (Å²) < 4.78 is 5.33. The molecule has 0 saturated heterocycles. The summed E-state index contributed by atoms with van der Waals surface area (Å²) in [7, 11) is 3.67. The summed E-state index contributed by atoms with van der Waals surface area (Å²) in [5.41, 5.74) is 1.86. The Morgan fingerprint density at radius 1 is 1.19 bits per heavy atom. The number of methoxy groups -OCH3 is 1. The summed E-state index contributed by atoms with van der Waals surface area (Å²) in [6, 6.07) is 10.9. The van der Waals surface area contributed by atoms with E-state index < -0.39 is 0 Å². The molecule has 3 rings (SSSR count). The third-order valence-corrected chi connectivity index (χ3v) is 6.04. The van der Waals surface area contributed by atoms with Crippen LogP contribution in [0.1, 0.15) is 50.0 Å². The molecule has 1 aromatic carbocycles. The predicted octanol–water partition coefficient (Wildman–Crippen LogP) is 4.17. The zero-order valence-electron chi connectivity index (χ0n) is 16.2. The predicted molar refractivity (Wildman–Crippen MR) is 119 cm³/mol. The van der Waals surface area contributed by atoms with Crippen LogP contribution in [0.15, 0.2) is 35.3 Å². The van der Waals surface area contributed by atoms with Crippen molar-refractivity contribution in [2.24, 2.45) is 16.3 Å². The molecule has 0 heterocycles. The maximum absolute atomic E-state index is 5.33. The van der Waals surface area contributed by atoms with Crippen LogP contribution in [0.3, 0.4) is 0 Å². The van der Waals surface area contributed by atoms with Crippen molar-refractivity contribution < 1.29 is 4.74 Å². The first-order valence-electron chi connectivity index (χ1n) is 9.75. The number of hydrogen-bond donors (Lipinski definition) is 2. The van der Waals surface area contributed by atoms with E-state index in [1.165, 1.54) is 37.7 Å². The van der Waals surface area contributed by atoms with Gasteiger partial charge in [-0.15, -0.1) is 24.0 Å². The van der Waals surface area contributed by atoms with E-state index >= 15 is 0 Å². The molecular formula is C21H34IN3O. The minimum Gasteiger partial charge on any atom is -0.385 e. The van der Waals surface area contributed by atoms with Gasteiger partial charge in [-0.3, -0.25) is 4.99 Å². The Morgan fingerprint density at radius 3 is 2.58 bits per heavy atom. The van der Waals surface area contributed by atoms with E-state index in [4.69, 9.17) is 4.74 Å². The summed E-state index contributed by atoms with van der Waals surface area (Å²) in [5, 5.41) is 7.12. The van der Waals surface area contributed by atoms with Gasteiger partial charge >= 0.3 is 0 Å². The second-order valence-corrected chi connectivity index (χ2v) is 7.77. The smallest absolute Gasteiger partial charge is 0.191 e. The minimum atomic E-state index is 0. The molecule has 0 aliphatic heterocycles. The van der Waals surface area contributed by atoms with Crippen molar-refractivity contribution in [1.29, 1.82) is 0 Å². The Labute approximate surface area is 175 Å². The van der Waals surface area contributed by atoms with Crippen LogP contribution in [-0.4, -0.2) is 39.8 Å². The molecule has 0 bridgehead atoms. The zero-order valence-corrected chi connectivity index (χ0v) is 18.5. The molecule has 4 nitrogen and oxygen atoms in total. The molecular weight excluding hydrogens is 437 g/mol. The lowest BCUT2D eigenvalue weighted by Gasteiger charge is -2.30. The van der Waals surface area contributed by atoms with Gasteiger partial charge in [0, 0.05) is 33.9 Å². The number of rotatable bonds is 8. The van der Waals surface area contributed by atoms with Crippen molar-refractivity contribution in [1.82, 2.24) is 10.6 Å². The number of aliphatic imine (C=N–C) groups is 1. The van der Waals surface area contributed by atoms with Gasteiger partial charge in [0.25, 0.3) is 0 Å². The Morgan fingerprint density at radius 2 is 1.92 bits per heavy atom. The molecule has 1 aromatic rings. The molecule has 146 valence electrons. The molecule has 2 fully saturated rings. The molecule has 2 N–H and O–H groups in total. The Kier molecular flexibility index (Phi) is 8.67. The van der Waals surface area contributed by atoms with Crippen LogP contribution in [-0.2, 0) is 4.74 Å². The van der Waals surface area contributed by atoms with Crippen LogP contribution >= 0.6 is 24.0 Å². The van der Waals surface area contributed by atoms with Crippen LogP contribution in [0, 0.1) is 11.3 Å². The molecule has 2 unspecified atom stereocenters. The molecule has 2 saturated carbocycles. The molecule has 2 aliphatic carbocycles. The topological polar surface area (TPSA) is 45.7 Å². The summed E-state index contributed by atoms with van der Waals surface area (Å²) in [4.78, 5) is 4.42. The SMILES string of the molecule is CN=C(NCC1CC1c1ccccc1)NCC1(CCOC)CCCC1.I. The van der Waals surface area contributed by atoms with E-state index in [1.807, 2.05) is 7.05 Å². The fourth-order valence-electron chi connectivity index (χ4n) is 4.26. The summed E-state index contributed by atoms with van der Waals surface area (Å²) in [5.74, 6) is 2.40. The number of guanidine groups is 1. The number of nitrogens with zero attached hydrogens (tertiary/aromatic N) is 1. The number of nitrogens with one attached hydrogen (secondary N) is 2. The van der Waals surface area contributed by atoms with Crippen LogP contribution in [0.2, 0.25) is 0 Å². The molecule has 2 atom stereocenters.